The van der Waals surface area contributed by atoms with E-state index in [-0.39, 0.29) is 5.78 Å². The Morgan fingerprint density at radius 3 is 2.62 bits per heavy atom. The summed E-state index contributed by atoms with van der Waals surface area (Å²) in [5, 5.41) is 1.89. The van der Waals surface area contributed by atoms with Gasteiger partial charge in [0.05, 0.1) is 11.4 Å². The van der Waals surface area contributed by atoms with Gasteiger partial charge in [0.2, 0.25) is 0 Å². The monoisotopic (exact) mass is 296 g/mol. The van der Waals surface area contributed by atoms with Gasteiger partial charge < -0.3 is 5.43 Å². The van der Waals surface area contributed by atoms with E-state index in [0.29, 0.717) is 5.75 Å². The molecule has 0 fully saturated rings. The zero-order valence-corrected chi connectivity index (χ0v) is 12.6. The highest BCUT2D eigenvalue weighted by molar-refractivity contribution is 8.00. The van der Waals surface area contributed by atoms with Crippen LogP contribution in [0.1, 0.15) is 5.56 Å². The van der Waals surface area contributed by atoms with Crippen LogP contribution in [0.2, 0.25) is 0 Å². The van der Waals surface area contributed by atoms with Gasteiger partial charge in [-0.15, -0.1) is 11.8 Å². The third-order valence-corrected chi connectivity index (χ3v) is 4.46. The fraction of sp³-hybridized carbons (Fsp3) is 0.118. The Morgan fingerprint density at radius 1 is 1.10 bits per heavy atom. The lowest BCUT2D eigenvalue weighted by Gasteiger charge is -2.22. The summed E-state index contributed by atoms with van der Waals surface area (Å²) in [7, 11) is 1.93. The Balaban J connectivity index is 1.84. The number of anilines is 1. The fourth-order valence-electron chi connectivity index (χ4n) is 2.23. The minimum Gasteiger partial charge on any atom is -0.305 e. The summed E-state index contributed by atoms with van der Waals surface area (Å²) in [4.78, 5) is 13.3. The first kappa shape index (κ1) is 13.8. The summed E-state index contributed by atoms with van der Waals surface area (Å²) in [6.45, 7) is 0. The van der Waals surface area contributed by atoms with E-state index in [4.69, 9.17) is 0 Å². The van der Waals surface area contributed by atoms with E-state index in [1.807, 2.05) is 60.6 Å². The second kappa shape index (κ2) is 6.06. The lowest BCUT2D eigenvalue weighted by atomic mass is 10.0. The van der Waals surface area contributed by atoms with E-state index in [1.54, 1.807) is 18.0 Å². The lowest BCUT2D eigenvalue weighted by Crippen LogP contribution is -2.30. The highest BCUT2D eigenvalue weighted by Gasteiger charge is 2.21. The molecule has 0 bridgehead atoms. The number of Topliss-reactive ketones (excluding diaryl/α,β-unsaturated/α-hetero) is 1. The van der Waals surface area contributed by atoms with Crippen molar-refractivity contribution < 1.29 is 4.79 Å². The van der Waals surface area contributed by atoms with Crippen LogP contribution < -0.4 is 10.4 Å². The predicted molar refractivity (Wildman–Crippen MR) is 88.1 cm³/mol. The molecule has 0 aliphatic carbocycles. The van der Waals surface area contributed by atoms with Crippen molar-refractivity contribution >= 4 is 28.8 Å². The second-order valence-corrected chi connectivity index (χ2v) is 5.81. The van der Waals surface area contributed by atoms with Crippen molar-refractivity contribution in [2.45, 2.75) is 4.90 Å². The van der Waals surface area contributed by atoms with Gasteiger partial charge in [-0.05, 0) is 18.2 Å². The predicted octanol–water partition coefficient (Wildman–Crippen LogP) is 3.34. The SMILES string of the molecule is CN(N/C=C1\C(=O)CSc2ccccc21)c1ccccc1. The Labute approximate surface area is 128 Å². The molecule has 1 N–H and O–H groups in total. The zero-order chi connectivity index (χ0) is 14.7. The third-order valence-electron chi connectivity index (χ3n) is 3.38. The molecule has 0 saturated carbocycles. The van der Waals surface area contributed by atoms with Gasteiger partial charge in [-0.2, -0.15) is 0 Å². The van der Waals surface area contributed by atoms with Gasteiger partial charge in [0, 0.05) is 29.3 Å². The molecular weight excluding hydrogens is 280 g/mol. The average Bonchev–Trinajstić information content (AvgIpc) is 2.54. The number of rotatable bonds is 3. The number of hydrogen-bond donors (Lipinski definition) is 1. The van der Waals surface area contributed by atoms with Crippen molar-refractivity contribution in [3.05, 3.63) is 66.4 Å². The largest absolute Gasteiger partial charge is 0.305 e. The summed E-state index contributed by atoms with van der Waals surface area (Å²) in [6.07, 6.45) is 1.80. The summed E-state index contributed by atoms with van der Waals surface area (Å²) in [5.74, 6) is 0.659. The molecule has 0 radical (unpaired) electrons. The second-order valence-electron chi connectivity index (χ2n) is 4.79. The molecule has 0 spiro atoms. The summed E-state index contributed by atoms with van der Waals surface area (Å²) >= 11 is 1.60. The summed E-state index contributed by atoms with van der Waals surface area (Å²) < 4.78 is 0. The molecule has 0 unspecified atom stereocenters. The molecule has 1 aliphatic rings. The number of fused-ring (bicyclic) bond motifs is 1. The van der Waals surface area contributed by atoms with Crippen molar-refractivity contribution in [1.29, 1.82) is 0 Å². The normalized spacial score (nSPS) is 15.7. The molecule has 0 saturated heterocycles. The van der Waals surface area contributed by atoms with E-state index in [9.17, 15) is 4.79 Å². The van der Waals surface area contributed by atoms with Gasteiger partial charge in [0.1, 0.15) is 0 Å². The molecule has 0 atom stereocenters. The fourth-order valence-corrected chi connectivity index (χ4v) is 3.18. The number of carbonyl (C=O) groups excluding carboxylic acids is 1. The van der Waals surface area contributed by atoms with Gasteiger partial charge in [-0.3, -0.25) is 9.80 Å². The molecule has 3 nitrogen and oxygen atoms in total. The van der Waals surface area contributed by atoms with Crippen LogP contribution in [0.3, 0.4) is 0 Å². The molecule has 0 amide bonds. The Bertz CT molecular complexity index is 682. The summed E-state index contributed by atoms with van der Waals surface area (Å²) in [5.41, 5.74) is 5.97. The molecular formula is C17H16N2OS. The molecule has 3 rings (SSSR count). The first-order chi connectivity index (χ1) is 10.3. The quantitative estimate of drug-likeness (QED) is 0.695. The number of benzene rings is 2. The smallest absolute Gasteiger partial charge is 0.175 e. The Morgan fingerprint density at radius 2 is 1.81 bits per heavy atom. The van der Waals surface area contributed by atoms with E-state index < -0.39 is 0 Å². The van der Waals surface area contributed by atoms with Crippen LogP contribution in [-0.4, -0.2) is 18.6 Å². The topological polar surface area (TPSA) is 32.3 Å². The Kier molecular flexibility index (Phi) is 3.97. The maximum atomic E-state index is 12.2. The first-order valence-electron chi connectivity index (χ1n) is 6.76. The average molecular weight is 296 g/mol. The highest BCUT2D eigenvalue weighted by Crippen LogP contribution is 2.34. The number of nitrogens with zero attached hydrogens (tertiary/aromatic N) is 1. The van der Waals surface area contributed by atoms with Crippen LogP contribution >= 0.6 is 11.8 Å². The number of para-hydroxylation sites is 1. The molecule has 1 heterocycles. The molecule has 21 heavy (non-hydrogen) atoms. The molecule has 1 aliphatic heterocycles. The number of allylic oxidation sites excluding steroid dienone is 1. The van der Waals surface area contributed by atoms with Crippen molar-refractivity contribution in [1.82, 2.24) is 5.43 Å². The number of nitrogens with one attached hydrogen (secondary N) is 1. The Hall–Kier alpha value is -2.20. The van der Waals surface area contributed by atoms with Crippen LogP contribution in [0.4, 0.5) is 5.69 Å². The van der Waals surface area contributed by atoms with Gasteiger partial charge in [0.25, 0.3) is 0 Å². The zero-order valence-electron chi connectivity index (χ0n) is 11.7. The number of hydrazine groups is 1. The van der Waals surface area contributed by atoms with Crippen LogP contribution in [-0.2, 0) is 4.79 Å². The maximum Gasteiger partial charge on any atom is 0.175 e. The molecule has 4 heteroatoms. The van der Waals surface area contributed by atoms with Gasteiger partial charge in [-0.1, -0.05) is 36.4 Å². The molecule has 2 aromatic rings. The van der Waals surface area contributed by atoms with Crippen LogP contribution in [0.15, 0.2) is 65.7 Å². The maximum absolute atomic E-state index is 12.2. The first-order valence-corrected chi connectivity index (χ1v) is 7.75. The molecule has 2 aromatic carbocycles. The minimum absolute atomic E-state index is 0.160. The highest BCUT2D eigenvalue weighted by atomic mass is 32.2. The van der Waals surface area contributed by atoms with Crippen molar-refractivity contribution in [3.8, 4) is 0 Å². The van der Waals surface area contributed by atoms with E-state index in [1.165, 1.54) is 0 Å². The minimum atomic E-state index is 0.160. The van der Waals surface area contributed by atoms with Crippen LogP contribution in [0.25, 0.3) is 5.57 Å². The van der Waals surface area contributed by atoms with Crippen molar-refractivity contribution in [2.24, 2.45) is 0 Å². The molecule has 106 valence electrons. The summed E-state index contributed by atoms with van der Waals surface area (Å²) in [6, 6.07) is 18.0. The van der Waals surface area contributed by atoms with E-state index >= 15 is 0 Å². The van der Waals surface area contributed by atoms with E-state index in [0.717, 1.165) is 21.7 Å². The number of thioether (sulfide) groups is 1. The van der Waals surface area contributed by atoms with Crippen molar-refractivity contribution in [2.75, 3.05) is 17.8 Å². The van der Waals surface area contributed by atoms with Gasteiger partial charge >= 0.3 is 0 Å². The van der Waals surface area contributed by atoms with Crippen LogP contribution in [0.5, 0.6) is 0 Å². The van der Waals surface area contributed by atoms with E-state index in [2.05, 4.69) is 11.5 Å². The van der Waals surface area contributed by atoms with Gasteiger partial charge in [0.15, 0.2) is 5.78 Å². The van der Waals surface area contributed by atoms with Crippen molar-refractivity contribution in [3.63, 3.8) is 0 Å². The lowest BCUT2D eigenvalue weighted by molar-refractivity contribution is -0.111. The number of ketones is 1. The standard InChI is InChI=1S/C17H16N2OS/c1-19(13-7-3-2-4-8-13)18-11-15-14-9-5-6-10-17(14)21-12-16(15)20/h2-11,18H,12H2,1H3/b15-11-. The number of carbonyl (C=O) groups is 1. The number of hydrogen-bond acceptors (Lipinski definition) is 4. The van der Waals surface area contributed by atoms with Gasteiger partial charge in [-0.25, -0.2) is 0 Å². The van der Waals surface area contributed by atoms with Crippen LogP contribution in [0, 0.1) is 0 Å². The third kappa shape index (κ3) is 2.95. The molecule has 0 aromatic heterocycles.